The molecule has 2 atom stereocenters. The van der Waals surface area contributed by atoms with Crippen molar-refractivity contribution in [3.8, 4) is 0 Å². The zero-order valence-electron chi connectivity index (χ0n) is 14.9. The summed E-state index contributed by atoms with van der Waals surface area (Å²) in [4.78, 5) is 8.13. The van der Waals surface area contributed by atoms with Gasteiger partial charge in [-0.25, -0.2) is 0 Å². The van der Waals surface area contributed by atoms with Crippen LogP contribution in [0, 0.1) is 11.8 Å². The Balaban J connectivity index is 1.67. The lowest BCUT2D eigenvalue weighted by atomic mass is 10.1. The molecule has 0 aliphatic carbocycles. The Bertz CT molecular complexity index is 284. The van der Waals surface area contributed by atoms with E-state index < -0.39 is 0 Å². The Morgan fingerprint density at radius 1 is 0.905 bits per heavy atom. The van der Waals surface area contributed by atoms with Crippen LogP contribution in [0.2, 0.25) is 0 Å². The van der Waals surface area contributed by atoms with E-state index in [2.05, 4.69) is 42.4 Å². The van der Waals surface area contributed by atoms with Crippen molar-refractivity contribution in [3.63, 3.8) is 0 Å². The zero-order valence-corrected chi connectivity index (χ0v) is 14.9. The standard InChI is InChI=1S/C18H37N3/c1-5-6-17(4)14-19-9-11-21(12-10-19)18-7-8-20(15-18)13-16(2)3/h16-18H,5-15H2,1-4H3/t17?,18-/m1/s1. The molecular weight excluding hydrogens is 258 g/mol. The highest BCUT2D eigenvalue weighted by Gasteiger charge is 2.30. The number of piperazine rings is 1. The Morgan fingerprint density at radius 2 is 1.62 bits per heavy atom. The van der Waals surface area contributed by atoms with Gasteiger partial charge < -0.3 is 9.80 Å². The third-order valence-electron chi connectivity index (χ3n) is 5.15. The Hall–Kier alpha value is -0.120. The Kier molecular flexibility index (Phi) is 6.97. The van der Waals surface area contributed by atoms with Crippen LogP contribution in [0.4, 0.5) is 0 Å². The molecule has 0 radical (unpaired) electrons. The van der Waals surface area contributed by atoms with Crippen LogP contribution in [0.25, 0.3) is 0 Å². The van der Waals surface area contributed by atoms with E-state index in [0.29, 0.717) is 0 Å². The maximum absolute atomic E-state index is 2.77. The third-order valence-corrected chi connectivity index (χ3v) is 5.15. The van der Waals surface area contributed by atoms with Gasteiger partial charge in [-0.2, -0.15) is 0 Å². The van der Waals surface area contributed by atoms with Crippen LogP contribution in [-0.2, 0) is 0 Å². The molecule has 0 saturated carbocycles. The highest BCUT2D eigenvalue weighted by atomic mass is 15.3. The summed E-state index contributed by atoms with van der Waals surface area (Å²) in [5.41, 5.74) is 0. The lowest BCUT2D eigenvalue weighted by Gasteiger charge is -2.39. The van der Waals surface area contributed by atoms with Crippen molar-refractivity contribution in [2.45, 2.75) is 53.0 Å². The molecule has 2 aliphatic rings. The topological polar surface area (TPSA) is 9.72 Å². The summed E-state index contributed by atoms with van der Waals surface area (Å²) < 4.78 is 0. The van der Waals surface area contributed by atoms with Crippen molar-refractivity contribution in [2.24, 2.45) is 11.8 Å². The number of rotatable bonds is 7. The average Bonchev–Trinajstić information content (AvgIpc) is 2.87. The van der Waals surface area contributed by atoms with Gasteiger partial charge in [0.15, 0.2) is 0 Å². The number of hydrogen-bond donors (Lipinski definition) is 0. The summed E-state index contributed by atoms with van der Waals surface area (Å²) in [6, 6.07) is 0.832. The fourth-order valence-electron chi connectivity index (χ4n) is 4.13. The molecule has 0 spiro atoms. The molecule has 2 heterocycles. The molecule has 0 aromatic heterocycles. The number of nitrogens with zero attached hydrogens (tertiary/aromatic N) is 3. The molecule has 3 nitrogen and oxygen atoms in total. The lowest BCUT2D eigenvalue weighted by Crippen LogP contribution is -2.51. The van der Waals surface area contributed by atoms with E-state index in [1.54, 1.807) is 0 Å². The van der Waals surface area contributed by atoms with Crippen LogP contribution in [0.3, 0.4) is 0 Å². The van der Waals surface area contributed by atoms with E-state index in [4.69, 9.17) is 0 Å². The Morgan fingerprint density at radius 3 is 2.24 bits per heavy atom. The smallest absolute Gasteiger partial charge is 0.0236 e. The fraction of sp³-hybridized carbons (Fsp3) is 1.00. The van der Waals surface area contributed by atoms with Crippen LogP contribution in [0.15, 0.2) is 0 Å². The molecule has 124 valence electrons. The van der Waals surface area contributed by atoms with Gasteiger partial charge in [0, 0.05) is 51.9 Å². The minimum Gasteiger partial charge on any atom is -0.301 e. The van der Waals surface area contributed by atoms with Gasteiger partial charge in [-0.15, -0.1) is 0 Å². The van der Waals surface area contributed by atoms with Crippen molar-refractivity contribution in [3.05, 3.63) is 0 Å². The van der Waals surface area contributed by atoms with E-state index in [9.17, 15) is 0 Å². The molecule has 2 rings (SSSR count). The van der Waals surface area contributed by atoms with E-state index in [-0.39, 0.29) is 0 Å². The quantitative estimate of drug-likeness (QED) is 0.715. The monoisotopic (exact) mass is 295 g/mol. The van der Waals surface area contributed by atoms with Crippen LogP contribution >= 0.6 is 0 Å². The Labute approximate surface area is 132 Å². The summed E-state index contributed by atoms with van der Waals surface area (Å²) in [7, 11) is 0. The van der Waals surface area contributed by atoms with Crippen LogP contribution in [0.1, 0.15) is 47.0 Å². The fourth-order valence-corrected chi connectivity index (χ4v) is 4.13. The second-order valence-electron chi connectivity index (χ2n) is 7.83. The summed E-state index contributed by atoms with van der Waals surface area (Å²) in [5.74, 6) is 1.68. The molecule has 0 aromatic carbocycles. The van der Waals surface area contributed by atoms with E-state index in [1.807, 2.05) is 0 Å². The summed E-state index contributed by atoms with van der Waals surface area (Å²) >= 11 is 0. The van der Waals surface area contributed by atoms with Crippen molar-refractivity contribution < 1.29 is 0 Å². The molecule has 1 unspecified atom stereocenters. The lowest BCUT2D eigenvalue weighted by molar-refractivity contribution is 0.0876. The molecule has 2 aliphatic heterocycles. The largest absolute Gasteiger partial charge is 0.301 e. The molecule has 0 N–H and O–H groups in total. The molecule has 2 saturated heterocycles. The molecule has 21 heavy (non-hydrogen) atoms. The predicted octanol–water partition coefficient (Wildman–Crippen LogP) is 2.77. The first-order chi connectivity index (χ1) is 10.1. The van der Waals surface area contributed by atoms with Crippen molar-refractivity contribution in [2.75, 3.05) is 52.4 Å². The molecule has 2 fully saturated rings. The number of likely N-dealkylation sites (tertiary alicyclic amines) is 1. The van der Waals surface area contributed by atoms with Crippen LogP contribution in [-0.4, -0.2) is 73.1 Å². The second-order valence-corrected chi connectivity index (χ2v) is 7.83. The average molecular weight is 296 g/mol. The minimum absolute atomic E-state index is 0.806. The highest BCUT2D eigenvalue weighted by Crippen LogP contribution is 2.19. The molecule has 3 heteroatoms. The van der Waals surface area contributed by atoms with Crippen LogP contribution < -0.4 is 0 Å². The van der Waals surface area contributed by atoms with Crippen LogP contribution in [0.5, 0.6) is 0 Å². The third kappa shape index (κ3) is 5.54. The van der Waals surface area contributed by atoms with Crippen molar-refractivity contribution >= 4 is 0 Å². The minimum atomic E-state index is 0.806. The summed E-state index contributed by atoms with van der Waals surface area (Å²) in [6.45, 7) is 19.8. The van der Waals surface area contributed by atoms with Gasteiger partial charge in [-0.3, -0.25) is 4.90 Å². The maximum Gasteiger partial charge on any atom is 0.0236 e. The summed E-state index contributed by atoms with van der Waals surface area (Å²) in [6.07, 6.45) is 4.10. The van der Waals surface area contributed by atoms with Gasteiger partial charge in [-0.05, 0) is 31.2 Å². The van der Waals surface area contributed by atoms with Gasteiger partial charge in [0.25, 0.3) is 0 Å². The van der Waals surface area contributed by atoms with Crippen molar-refractivity contribution in [1.82, 2.24) is 14.7 Å². The summed E-state index contributed by atoms with van der Waals surface area (Å²) in [5, 5.41) is 0. The molecule has 0 aromatic rings. The normalized spacial score (nSPS) is 27.6. The van der Waals surface area contributed by atoms with Gasteiger partial charge in [0.2, 0.25) is 0 Å². The van der Waals surface area contributed by atoms with Gasteiger partial charge >= 0.3 is 0 Å². The maximum atomic E-state index is 2.77. The van der Waals surface area contributed by atoms with Gasteiger partial charge in [0.05, 0.1) is 0 Å². The molecule has 0 bridgehead atoms. The first kappa shape index (κ1) is 17.2. The van der Waals surface area contributed by atoms with Gasteiger partial charge in [-0.1, -0.05) is 34.1 Å². The van der Waals surface area contributed by atoms with E-state index >= 15 is 0 Å². The van der Waals surface area contributed by atoms with Gasteiger partial charge in [0.1, 0.15) is 0 Å². The van der Waals surface area contributed by atoms with E-state index in [0.717, 1.165) is 17.9 Å². The molecule has 0 amide bonds. The predicted molar refractivity (Wildman–Crippen MR) is 91.8 cm³/mol. The number of hydrogen-bond acceptors (Lipinski definition) is 3. The molecular formula is C18H37N3. The van der Waals surface area contributed by atoms with Crippen molar-refractivity contribution in [1.29, 1.82) is 0 Å². The highest BCUT2D eigenvalue weighted by molar-refractivity contribution is 4.86. The first-order valence-corrected chi connectivity index (χ1v) is 9.27. The zero-order chi connectivity index (χ0) is 15.2. The SMILES string of the molecule is CCCC(C)CN1CCN([C@@H]2CCN(CC(C)C)C2)CC1. The van der Waals surface area contributed by atoms with E-state index in [1.165, 1.54) is 71.6 Å². The second kappa shape index (κ2) is 8.50. The first-order valence-electron chi connectivity index (χ1n) is 9.27.